The van der Waals surface area contributed by atoms with Gasteiger partial charge in [-0.1, -0.05) is 11.6 Å². The third-order valence-corrected chi connectivity index (χ3v) is 8.52. The molecule has 3 heterocycles. The van der Waals surface area contributed by atoms with Gasteiger partial charge < -0.3 is 19.5 Å². The molecule has 1 amide bonds. The largest absolute Gasteiger partial charge is 0.497 e. The van der Waals surface area contributed by atoms with E-state index >= 15 is 0 Å². The van der Waals surface area contributed by atoms with Crippen molar-refractivity contribution in [2.45, 2.75) is 11.7 Å². The van der Waals surface area contributed by atoms with E-state index in [0.717, 1.165) is 16.2 Å². The van der Waals surface area contributed by atoms with E-state index in [9.17, 15) is 17.6 Å². The van der Waals surface area contributed by atoms with Crippen LogP contribution in [-0.4, -0.2) is 39.3 Å². The molecule has 0 saturated heterocycles. The van der Waals surface area contributed by atoms with Crippen molar-refractivity contribution in [1.29, 1.82) is 0 Å². The van der Waals surface area contributed by atoms with Crippen LogP contribution in [0.4, 0.5) is 10.1 Å². The van der Waals surface area contributed by atoms with Crippen molar-refractivity contribution in [3.63, 3.8) is 0 Å². The second-order valence-corrected chi connectivity index (χ2v) is 12.1. The number of thiophene rings is 1. The second-order valence-electron chi connectivity index (χ2n) is 8.39. The van der Waals surface area contributed by atoms with Crippen LogP contribution < -0.4 is 19.5 Å². The first-order chi connectivity index (χ1) is 17.6. The highest BCUT2D eigenvalue weighted by Gasteiger charge is 2.30. The summed E-state index contributed by atoms with van der Waals surface area (Å²) in [5.74, 6) is 0.0188. The van der Waals surface area contributed by atoms with Crippen molar-refractivity contribution in [3.8, 4) is 23.1 Å². The third-order valence-electron chi connectivity index (χ3n) is 5.71. The van der Waals surface area contributed by atoms with E-state index in [1.807, 2.05) is 0 Å². The van der Waals surface area contributed by atoms with Gasteiger partial charge in [-0.15, -0.1) is 11.3 Å². The maximum atomic E-state index is 13.8. The molecule has 5 rings (SSSR count). The number of halogens is 2. The number of nitrogens with zero attached hydrogens (tertiary/aromatic N) is 1. The molecule has 12 heteroatoms. The van der Waals surface area contributed by atoms with Crippen LogP contribution in [0.1, 0.15) is 26.9 Å². The molecule has 0 aliphatic carbocycles. The lowest BCUT2D eigenvalue weighted by Gasteiger charge is -2.24. The zero-order chi connectivity index (χ0) is 26.3. The molecule has 1 atom stereocenters. The molecular weight excluding hydrogens is 543 g/mol. The quantitative estimate of drug-likeness (QED) is 0.287. The van der Waals surface area contributed by atoms with Gasteiger partial charge in [0.25, 0.3) is 5.91 Å². The molecule has 37 heavy (non-hydrogen) atoms. The van der Waals surface area contributed by atoms with Crippen molar-refractivity contribution in [3.05, 3.63) is 69.9 Å². The standard InChI is InChI=1S/C25H20ClFN2O6S2/c1-33-16-7-14(27)8-17(11-16)35-24-10-15(9-23(26)29-24)28-25(30)21-6-13-5-18-19(12-20(13)36-21)34-4-3-22(18)37(2,31)32/h5-12,22H,3-4H2,1-2H3,(H,28,29,30). The number of hydrogen-bond donors (Lipinski definition) is 1. The number of aromatic nitrogens is 1. The number of carbonyl (C=O) groups excluding carboxylic acids is 1. The molecule has 0 spiro atoms. The maximum Gasteiger partial charge on any atom is 0.265 e. The van der Waals surface area contributed by atoms with Gasteiger partial charge in [0.1, 0.15) is 28.2 Å². The number of amides is 1. The number of rotatable bonds is 6. The minimum atomic E-state index is -3.31. The Hall–Kier alpha value is -3.41. The number of sulfone groups is 1. The fourth-order valence-electron chi connectivity index (χ4n) is 4.08. The summed E-state index contributed by atoms with van der Waals surface area (Å²) < 4.78 is 55.5. The normalized spacial score (nSPS) is 15.1. The lowest BCUT2D eigenvalue weighted by Crippen LogP contribution is -2.20. The van der Waals surface area contributed by atoms with Gasteiger partial charge in [0.05, 0.1) is 23.8 Å². The highest BCUT2D eigenvalue weighted by molar-refractivity contribution is 7.90. The molecule has 0 fully saturated rings. The number of anilines is 1. The monoisotopic (exact) mass is 562 g/mol. The van der Waals surface area contributed by atoms with Gasteiger partial charge in [-0.3, -0.25) is 4.79 Å². The molecule has 8 nitrogen and oxygen atoms in total. The van der Waals surface area contributed by atoms with Gasteiger partial charge in [-0.2, -0.15) is 0 Å². The fourth-order valence-corrected chi connectivity index (χ4v) is 6.41. The van der Waals surface area contributed by atoms with Gasteiger partial charge >= 0.3 is 0 Å². The van der Waals surface area contributed by atoms with Crippen molar-refractivity contribution in [2.75, 3.05) is 25.3 Å². The van der Waals surface area contributed by atoms with Crippen LogP contribution in [0.5, 0.6) is 23.1 Å². The van der Waals surface area contributed by atoms with E-state index in [-0.39, 0.29) is 22.5 Å². The van der Waals surface area contributed by atoms with Crippen LogP contribution in [0.3, 0.4) is 0 Å². The van der Waals surface area contributed by atoms with Gasteiger partial charge in [0, 0.05) is 52.9 Å². The van der Waals surface area contributed by atoms with Crippen LogP contribution in [0, 0.1) is 5.82 Å². The lowest BCUT2D eigenvalue weighted by molar-refractivity contribution is 0.103. The van der Waals surface area contributed by atoms with Crippen molar-refractivity contribution in [2.24, 2.45) is 0 Å². The molecule has 1 aliphatic heterocycles. The Labute approximate surface area is 220 Å². The Morgan fingerprint density at radius 1 is 1.16 bits per heavy atom. The van der Waals surface area contributed by atoms with Crippen LogP contribution in [0.15, 0.2) is 48.5 Å². The third kappa shape index (κ3) is 5.48. The summed E-state index contributed by atoms with van der Waals surface area (Å²) in [6, 6.07) is 12.0. The first kappa shape index (κ1) is 25.2. The highest BCUT2D eigenvalue weighted by atomic mass is 35.5. The smallest absolute Gasteiger partial charge is 0.265 e. The number of fused-ring (bicyclic) bond motifs is 2. The number of pyridine rings is 1. The Bertz CT molecular complexity index is 1640. The summed E-state index contributed by atoms with van der Waals surface area (Å²) in [5.41, 5.74) is 0.920. The van der Waals surface area contributed by atoms with Crippen molar-refractivity contribution >= 4 is 54.5 Å². The Balaban J connectivity index is 1.40. The topological polar surface area (TPSA) is 104 Å². The Morgan fingerprint density at radius 3 is 2.70 bits per heavy atom. The number of hydrogen-bond acceptors (Lipinski definition) is 8. The predicted octanol–water partition coefficient (Wildman–Crippen LogP) is 6.01. The number of benzene rings is 2. The van der Waals surface area contributed by atoms with Gasteiger partial charge in [0.15, 0.2) is 9.84 Å². The van der Waals surface area contributed by atoms with E-state index in [1.165, 1.54) is 49.0 Å². The van der Waals surface area contributed by atoms with Gasteiger partial charge in [-0.25, -0.2) is 17.8 Å². The van der Waals surface area contributed by atoms with E-state index in [4.69, 9.17) is 25.8 Å². The molecule has 0 saturated carbocycles. The van der Waals surface area contributed by atoms with Crippen molar-refractivity contribution < 1.29 is 31.8 Å². The summed E-state index contributed by atoms with van der Waals surface area (Å²) in [6.07, 6.45) is 1.59. The number of carbonyl (C=O) groups is 1. The predicted molar refractivity (Wildman–Crippen MR) is 140 cm³/mol. The summed E-state index contributed by atoms with van der Waals surface area (Å²) >= 11 is 7.37. The lowest BCUT2D eigenvalue weighted by atomic mass is 10.0. The summed E-state index contributed by atoms with van der Waals surface area (Å²) in [7, 11) is -1.90. The summed E-state index contributed by atoms with van der Waals surface area (Å²) in [5, 5.41) is 2.92. The van der Waals surface area contributed by atoms with Crippen LogP contribution in [0.25, 0.3) is 10.1 Å². The summed E-state index contributed by atoms with van der Waals surface area (Å²) in [6.45, 7) is 0.310. The average Bonchev–Trinajstić information content (AvgIpc) is 3.24. The molecule has 2 aromatic heterocycles. The van der Waals surface area contributed by atoms with Crippen LogP contribution in [-0.2, 0) is 9.84 Å². The first-order valence-electron chi connectivity index (χ1n) is 11.0. The summed E-state index contributed by atoms with van der Waals surface area (Å²) in [4.78, 5) is 17.5. The molecule has 1 aliphatic rings. The molecular formula is C25H20ClFN2O6S2. The van der Waals surface area contributed by atoms with E-state index in [1.54, 1.807) is 18.2 Å². The average molecular weight is 563 g/mol. The molecule has 0 radical (unpaired) electrons. The Kier molecular flexibility index (Phi) is 6.69. The molecule has 192 valence electrons. The van der Waals surface area contributed by atoms with E-state index in [0.29, 0.717) is 34.9 Å². The zero-order valence-electron chi connectivity index (χ0n) is 19.6. The Morgan fingerprint density at radius 2 is 1.95 bits per heavy atom. The first-order valence-corrected chi connectivity index (χ1v) is 14.1. The maximum absolute atomic E-state index is 13.8. The molecule has 1 unspecified atom stereocenters. The number of nitrogens with one attached hydrogen (secondary N) is 1. The zero-order valence-corrected chi connectivity index (χ0v) is 22.0. The fraction of sp³-hybridized carbons (Fsp3) is 0.200. The van der Waals surface area contributed by atoms with Gasteiger partial charge in [0.2, 0.25) is 5.88 Å². The minimum Gasteiger partial charge on any atom is -0.497 e. The number of methoxy groups -OCH3 is 1. The second kappa shape index (κ2) is 9.81. The van der Waals surface area contributed by atoms with Crippen LogP contribution >= 0.6 is 22.9 Å². The number of ether oxygens (including phenoxy) is 3. The minimum absolute atomic E-state index is 0.0448. The van der Waals surface area contributed by atoms with Crippen LogP contribution in [0.2, 0.25) is 5.15 Å². The molecule has 1 N–H and O–H groups in total. The molecule has 2 aromatic carbocycles. The SMILES string of the molecule is COc1cc(F)cc(Oc2cc(NC(=O)c3cc4cc5c(cc4s3)OCCC5S(C)(=O)=O)cc(Cl)n2)c1. The van der Waals surface area contributed by atoms with Gasteiger partial charge in [-0.05, 0) is 29.7 Å². The molecule has 4 aromatic rings. The van der Waals surface area contributed by atoms with E-state index in [2.05, 4.69) is 10.3 Å². The molecule has 0 bridgehead atoms. The van der Waals surface area contributed by atoms with E-state index < -0.39 is 26.8 Å². The highest BCUT2D eigenvalue weighted by Crippen LogP contribution is 2.41. The van der Waals surface area contributed by atoms with Crippen molar-refractivity contribution in [1.82, 2.24) is 4.98 Å².